The fourth-order valence-corrected chi connectivity index (χ4v) is 5.37. The van der Waals surface area contributed by atoms with E-state index < -0.39 is 21.1 Å². The first-order valence-corrected chi connectivity index (χ1v) is 18.1. The van der Waals surface area contributed by atoms with Crippen molar-refractivity contribution in [1.82, 2.24) is 40.0 Å². The Hall–Kier alpha value is -2.99. The third-order valence-electron chi connectivity index (χ3n) is 10.5. The Bertz CT molecular complexity index is 1750. The highest BCUT2D eigenvalue weighted by Crippen LogP contribution is 2.43. The zero-order chi connectivity index (χ0) is 38.5. The summed E-state index contributed by atoms with van der Waals surface area (Å²) in [6.07, 6.45) is 7.17. The molecule has 4 aromatic heterocycles. The molecule has 3 aliphatic heterocycles. The fraction of sp³-hybridized carbons (Fsp3) is 0.588. The van der Waals surface area contributed by atoms with Crippen molar-refractivity contribution < 1.29 is 27.9 Å². The number of hydrogen-bond donors (Lipinski definition) is 0. The number of nitrogens with zero attached hydrogens (tertiary/aromatic N) is 8. The molecular weight excluding hydrogens is 729 g/mol. The van der Waals surface area contributed by atoms with Gasteiger partial charge in [-0.3, -0.25) is 19.3 Å². The van der Waals surface area contributed by atoms with Gasteiger partial charge in [-0.2, -0.15) is 0 Å². The number of pyridine rings is 2. The molecule has 4 aromatic rings. The molecule has 278 valence electrons. The van der Waals surface area contributed by atoms with Crippen molar-refractivity contribution in [3.05, 3.63) is 53.5 Å². The van der Waals surface area contributed by atoms with Crippen LogP contribution in [0.3, 0.4) is 0 Å². The maximum atomic E-state index is 6.01. The van der Waals surface area contributed by atoms with E-state index in [0.29, 0.717) is 0 Å². The topological polar surface area (TPSA) is 143 Å². The Kier molecular flexibility index (Phi) is 11.1. The van der Waals surface area contributed by atoms with E-state index in [9.17, 15) is 0 Å². The Morgan fingerprint density at radius 1 is 0.500 bits per heavy atom. The van der Waals surface area contributed by atoms with Crippen molar-refractivity contribution in [3.8, 4) is 22.8 Å². The van der Waals surface area contributed by atoms with Crippen molar-refractivity contribution in [2.24, 2.45) is 14.1 Å². The third-order valence-corrected chi connectivity index (χ3v) is 11.0. The second-order valence-electron chi connectivity index (χ2n) is 16.2. The van der Waals surface area contributed by atoms with E-state index in [1.807, 2.05) is 134 Å². The van der Waals surface area contributed by atoms with Crippen LogP contribution in [0.1, 0.15) is 83.1 Å². The molecule has 3 saturated heterocycles. The summed E-state index contributed by atoms with van der Waals surface area (Å²) in [4.78, 5) is 8.63. The van der Waals surface area contributed by atoms with E-state index in [1.54, 1.807) is 21.8 Å². The van der Waals surface area contributed by atoms with Crippen LogP contribution < -0.4 is 5.46 Å². The van der Waals surface area contributed by atoms with Gasteiger partial charge < -0.3 is 27.9 Å². The fourth-order valence-electron chi connectivity index (χ4n) is 5.13. The lowest BCUT2D eigenvalue weighted by atomic mass is 9.49. The molecule has 7 rings (SSSR count). The lowest BCUT2D eigenvalue weighted by Crippen LogP contribution is -2.41. The quantitative estimate of drug-likeness (QED) is 0.256. The Morgan fingerprint density at radius 2 is 0.865 bits per heavy atom. The van der Waals surface area contributed by atoms with Crippen molar-refractivity contribution in [3.63, 3.8) is 0 Å². The molecule has 0 atom stereocenters. The Balaban J connectivity index is 0.000000155. The second-order valence-corrected chi connectivity index (χ2v) is 17.1. The lowest BCUT2D eigenvalue weighted by Gasteiger charge is -2.32. The number of hydrogen-bond acceptors (Lipinski definition) is 12. The SMILES string of the molecule is CC1(C)OB(B2OC(C)(C)C(C)(C)O2)OC1(C)C.Cn1cc(-c2ccc(B3OC(C)(C)C(C)(C)O3)cn2)nn1.Cn1cc(-c2ccc(Br)cn2)nn1. The maximum Gasteiger partial charge on any atom is 0.496 e. The molecule has 0 unspecified atom stereocenters. The summed E-state index contributed by atoms with van der Waals surface area (Å²) in [5, 5.41) is 15.7. The van der Waals surface area contributed by atoms with E-state index in [1.165, 1.54) is 0 Å². The lowest BCUT2D eigenvalue weighted by molar-refractivity contribution is 0.00578. The van der Waals surface area contributed by atoms with E-state index >= 15 is 0 Å². The van der Waals surface area contributed by atoms with Crippen LogP contribution in [0, 0.1) is 0 Å². The molecule has 0 aliphatic carbocycles. The van der Waals surface area contributed by atoms with Gasteiger partial charge in [0.2, 0.25) is 0 Å². The first-order chi connectivity index (χ1) is 23.9. The molecule has 0 spiro atoms. The largest absolute Gasteiger partial charge is 0.496 e. The van der Waals surface area contributed by atoms with Crippen LogP contribution in [0.2, 0.25) is 0 Å². The molecule has 0 amide bonds. The molecule has 18 heteroatoms. The van der Waals surface area contributed by atoms with Crippen LogP contribution in [-0.2, 0) is 42.0 Å². The predicted molar refractivity (Wildman–Crippen MR) is 204 cm³/mol. The smallest absolute Gasteiger partial charge is 0.405 e. The standard InChI is InChI=1S/C14H19BN4O2.C12H24B2O4.C8H7BrN4/c1-13(2)14(3,4)21-15(20-13)10-6-7-11(16-8-10)12-9-19(5)18-17-12;1-9(2)10(3,4)16-13(15-9)14-17-11(5,6)12(7,8)18-14;1-13-5-8(11-12-13)7-3-2-6(9)4-10-7/h6-9H,1-5H3;1-8H3;2-5H,1H3. The van der Waals surface area contributed by atoms with Gasteiger partial charge in [-0.05, 0) is 117 Å². The number of rotatable bonds is 4. The van der Waals surface area contributed by atoms with Gasteiger partial charge in [0.1, 0.15) is 11.4 Å². The van der Waals surface area contributed by atoms with Crippen molar-refractivity contribution >= 4 is 42.5 Å². The molecule has 52 heavy (non-hydrogen) atoms. The normalized spacial score (nSPS) is 21.7. The summed E-state index contributed by atoms with van der Waals surface area (Å²) in [6, 6.07) is 7.69. The average molecular weight is 779 g/mol. The molecule has 7 heterocycles. The molecule has 3 fully saturated rings. The van der Waals surface area contributed by atoms with Crippen LogP contribution in [0.5, 0.6) is 0 Å². The first kappa shape index (κ1) is 40.2. The van der Waals surface area contributed by atoms with Crippen LogP contribution >= 0.6 is 15.9 Å². The molecule has 0 radical (unpaired) electrons. The first-order valence-electron chi connectivity index (χ1n) is 17.3. The summed E-state index contributed by atoms with van der Waals surface area (Å²) in [5.74, 6) is 0. The van der Waals surface area contributed by atoms with Crippen molar-refractivity contribution in [1.29, 1.82) is 0 Å². The van der Waals surface area contributed by atoms with Crippen LogP contribution in [-0.4, -0.2) is 94.7 Å². The number of aromatic nitrogens is 8. The summed E-state index contributed by atoms with van der Waals surface area (Å²) >= 11 is 3.32. The number of halogens is 1. The molecule has 14 nitrogen and oxygen atoms in total. The average Bonchev–Trinajstić information content (AvgIpc) is 3.81. The van der Waals surface area contributed by atoms with Gasteiger partial charge in [-0.25, -0.2) is 0 Å². The second kappa shape index (κ2) is 14.3. The minimum atomic E-state index is -0.476. The van der Waals surface area contributed by atoms with Gasteiger partial charge in [-0.15, -0.1) is 10.2 Å². The molecule has 0 bridgehead atoms. The summed E-state index contributed by atoms with van der Waals surface area (Å²) in [7, 11) is 2.32. The van der Waals surface area contributed by atoms with E-state index in [-0.39, 0.29) is 33.6 Å². The van der Waals surface area contributed by atoms with Crippen LogP contribution in [0.4, 0.5) is 0 Å². The van der Waals surface area contributed by atoms with Gasteiger partial charge in [0, 0.05) is 36.4 Å². The number of aryl methyl sites for hydroxylation is 2. The molecular formula is C34H50B3BrN8O6. The molecule has 0 aromatic carbocycles. The monoisotopic (exact) mass is 778 g/mol. The molecule has 0 saturated carbocycles. The highest BCUT2D eigenvalue weighted by molar-refractivity contribution is 9.10. The van der Waals surface area contributed by atoms with Crippen molar-refractivity contribution in [2.45, 2.75) is 117 Å². The minimum Gasteiger partial charge on any atom is -0.405 e. The Morgan fingerprint density at radius 3 is 1.17 bits per heavy atom. The van der Waals surface area contributed by atoms with Gasteiger partial charge in [0.15, 0.2) is 0 Å². The van der Waals surface area contributed by atoms with Gasteiger partial charge >= 0.3 is 21.1 Å². The van der Waals surface area contributed by atoms with E-state index in [2.05, 4.69) is 46.5 Å². The zero-order valence-electron chi connectivity index (χ0n) is 32.8. The highest BCUT2D eigenvalue weighted by atomic mass is 79.9. The molecule has 0 N–H and O–H groups in total. The maximum absolute atomic E-state index is 6.01. The Labute approximate surface area is 316 Å². The van der Waals surface area contributed by atoms with E-state index in [0.717, 1.165) is 32.7 Å². The van der Waals surface area contributed by atoms with Gasteiger partial charge in [0.25, 0.3) is 0 Å². The van der Waals surface area contributed by atoms with Crippen molar-refractivity contribution in [2.75, 3.05) is 0 Å². The summed E-state index contributed by atoms with van der Waals surface area (Å²) in [6.45, 7) is 24.4. The predicted octanol–water partition coefficient (Wildman–Crippen LogP) is 5.07. The van der Waals surface area contributed by atoms with E-state index in [4.69, 9.17) is 27.9 Å². The summed E-state index contributed by atoms with van der Waals surface area (Å²) < 4.78 is 40.1. The third kappa shape index (κ3) is 8.53. The highest BCUT2D eigenvalue weighted by Gasteiger charge is 2.63. The zero-order valence-corrected chi connectivity index (χ0v) is 34.3. The minimum absolute atomic E-state index is 0.346. The van der Waals surface area contributed by atoms with Gasteiger partial charge in [0.05, 0.1) is 57.4 Å². The summed E-state index contributed by atoms with van der Waals surface area (Å²) in [5.41, 5.74) is 1.92. The molecule has 3 aliphatic rings. The van der Waals surface area contributed by atoms with Gasteiger partial charge in [-0.1, -0.05) is 16.5 Å². The van der Waals surface area contributed by atoms with Crippen LogP contribution in [0.15, 0.2) is 53.5 Å². The van der Waals surface area contributed by atoms with Crippen LogP contribution in [0.25, 0.3) is 22.8 Å².